The van der Waals surface area contributed by atoms with Gasteiger partial charge in [-0.3, -0.25) is 0 Å². The first-order valence-corrected chi connectivity index (χ1v) is 6.27. The first kappa shape index (κ1) is 11.9. The fourth-order valence-corrected chi connectivity index (χ4v) is 2.09. The van der Waals surface area contributed by atoms with E-state index in [1.165, 1.54) is 0 Å². The van der Waals surface area contributed by atoms with Gasteiger partial charge in [0.2, 0.25) is 0 Å². The average molecular weight is 256 g/mol. The minimum Gasteiger partial charge on any atom is -0.356 e. The predicted molar refractivity (Wildman–Crippen MR) is 72.5 cm³/mol. The normalized spacial score (nSPS) is 11.3. The Balaban J connectivity index is 1.68. The van der Waals surface area contributed by atoms with Gasteiger partial charge >= 0.3 is 0 Å². The zero-order valence-electron chi connectivity index (χ0n) is 11.1. The molecule has 1 aromatic carbocycles. The molecule has 0 unspecified atom stereocenters. The minimum absolute atomic E-state index is 0.682. The van der Waals surface area contributed by atoms with Crippen LogP contribution in [0.4, 0.5) is 0 Å². The van der Waals surface area contributed by atoms with Gasteiger partial charge in [-0.25, -0.2) is 4.98 Å². The molecule has 2 aromatic heterocycles. The van der Waals surface area contributed by atoms with Gasteiger partial charge in [-0.1, -0.05) is 17.3 Å². The number of benzene rings is 1. The van der Waals surface area contributed by atoms with Gasteiger partial charge in [-0.2, -0.15) is 0 Å². The highest BCUT2D eigenvalue weighted by molar-refractivity contribution is 5.79. The molecule has 0 saturated heterocycles. The molecular weight excluding hydrogens is 240 g/mol. The maximum atomic E-state index is 5.27. The number of aromatic nitrogens is 3. The molecule has 3 rings (SSSR count). The van der Waals surface area contributed by atoms with Crippen LogP contribution in [0.5, 0.6) is 0 Å². The molecule has 0 spiro atoms. The molecule has 0 saturated carbocycles. The Hall–Kier alpha value is -2.14. The lowest BCUT2D eigenvalue weighted by molar-refractivity contribution is 0.441. The van der Waals surface area contributed by atoms with Crippen LogP contribution in [-0.4, -0.2) is 14.7 Å². The maximum Gasteiger partial charge on any atom is 0.167 e. The molecule has 2 heterocycles. The van der Waals surface area contributed by atoms with Crippen LogP contribution in [0.1, 0.15) is 17.2 Å². The third-order valence-corrected chi connectivity index (χ3v) is 3.37. The number of fused-ring (bicyclic) bond motifs is 1. The van der Waals surface area contributed by atoms with E-state index in [4.69, 9.17) is 4.52 Å². The van der Waals surface area contributed by atoms with E-state index in [0.717, 1.165) is 34.7 Å². The largest absolute Gasteiger partial charge is 0.356 e. The van der Waals surface area contributed by atoms with Crippen molar-refractivity contribution in [2.24, 2.45) is 7.05 Å². The summed E-state index contributed by atoms with van der Waals surface area (Å²) in [6, 6.07) is 7.89. The SMILES string of the molecule is Cc1ncc(CNCc2noc3ccccc23)n1C. The maximum absolute atomic E-state index is 5.27. The van der Waals surface area contributed by atoms with Gasteiger partial charge in [0.25, 0.3) is 0 Å². The molecule has 19 heavy (non-hydrogen) atoms. The zero-order valence-corrected chi connectivity index (χ0v) is 11.1. The zero-order chi connectivity index (χ0) is 13.2. The molecular formula is C14H16N4O. The van der Waals surface area contributed by atoms with Crippen LogP contribution in [0.15, 0.2) is 35.0 Å². The standard InChI is InChI=1S/C14H16N4O/c1-10-16-8-11(18(10)2)7-15-9-13-12-5-3-4-6-14(12)19-17-13/h3-6,8,15H,7,9H2,1-2H3. The molecule has 0 atom stereocenters. The third-order valence-electron chi connectivity index (χ3n) is 3.37. The predicted octanol–water partition coefficient (Wildman–Crippen LogP) is 2.16. The number of nitrogens with zero attached hydrogens (tertiary/aromatic N) is 3. The molecule has 0 aliphatic carbocycles. The van der Waals surface area contributed by atoms with Crippen molar-refractivity contribution in [2.75, 3.05) is 0 Å². The summed E-state index contributed by atoms with van der Waals surface area (Å²) in [4.78, 5) is 4.27. The Kier molecular flexibility index (Phi) is 3.05. The van der Waals surface area contributed by atoms with Crippen molar-refractivity contribution < 1.29 is 4.52 Å². The topological polar surface area (TPSA) is 55.9 Å². The van der Waals surface area contributed by atoms with Gasteiger partial charge in [-0.15, -0.1) is 0 Å². The van der Waals surface area contributed by atoms with Crippen molar-refractivity contribution in [2.45, 2.75) is 20.0 Å². The number of imidazole rings is 1. The quantitative estimate of drug-likeness (QED) is 0.777. The van der Waals surface area contributed by atoms with E-state index in [-0.39, 0.29) is 0 Å². The molecule has 0 fully saturated rings. The molecule has 0 aliphatic heterocycles. The lowest BCUT2D eigenvalue weighted by Gasteiger charge is -2.04. The number of para-hydroxylation sites is 1. The Morgan fingerprint density at radius 1 is 1.26 bits per heavy atom. The second-order valence-electron chi connectivity index (χ2n) is 4.58. The van der Waals surface area contributed by atoms with Crippen LogP contribution < -0.4 is 5.32 Å². The second kappa shape index (κ2) is 4.85. The second-order valence-corrected chi connectivity index (χ2v) is 4.58. The number of hydrogen-bond donors (Lipinski definition) is 1. The molecule has 5 nitrogen and oxygen atoms in total. The highest BCUT2D eigenvalue weighted by atomic mass is 16.5. The van der Waals surface area contributed by atoms with Crippen molar-refractivity contribution in [1.29, 1.82) is 0 Å². The van der Waals surface area contributed by atoms with Crippen molar-refractivity contribution in [1.82, 2.24) is 20.0 Å². The van der Waals surface area contributed by atoms with Gasteiger partial charge in [-0.05, 0) is 19.1 Å². The number of nitrogens with one attached hydrogen (secondary N) is 1. The Morgan fingerprint density at radius 2 is 2.11 bits per heavy atom. The van der Waals surface area contributed by atoms with Gasteiger partial charge in [0.15, 0.2) is 5.58 Å². The molecule has 0 aliphatic rings. The van der Waals surface area contributed by atoms with Crippen molar-refractivity contribution in [3.8, 4) is 0 Å². The molecule has 98 valence electrons. The first-order chi connectivity index (χ1) is 9.25. The van der Waals surface area contributed by atoms with Gasteiger partial charge in [0.1, 0.15) is 11.5 Å². The summed E-state index contributed by atoms with van der Waals surface area (Å²) in [7, 11) is 2.02. The number of aryl methyl sites for hydroxylation is 1. The third kappa shape index (κ3) is 2.24. The first-order valence-electron chi connectivity index (χ1n) is 6.27. The van der Waals surface area contributed by atoms with Crippen LogP contribution in [0.2, 0.25) is 0 Å². The van der Waals surface area contributed by atoms with Crippen LogP contribution in [0.25, 0.3) is 11.0 Å². The molecule has 1 N–H and O–H groups in total. The highest BCUT2D eigenvalue weighted by Gasteiger charge is 2.07. The van der Waals surface area contributed by atoms with Gasteiger partial charge < -0.3 is 14.4 Å². The van der Waals surface area contributed by atoms with Crippen molar-refractivity contribution in [3.05, 3.63) is 47.7 Å². The van der Waals surface area contributed by atoms with Crippen LogP contribution >= 0.6 is 0 Å². The average Bonchev–Trinajstić information content (AvgIpc) is 2.97. The molecule has 0 bridgehead atoms. The van der Waals surface area contributed by atoms with Gasteiger partial charge in [0, 0.05) is 31.7 Å². The molecule has 0 amide bonds. The van der Waals surface area contributed by atoms with E-state index in [2.05, 4.69) is 20.0 Å². The number of hydrogen-bond acceptors (Lipinski definition) is 4. The van der Waals surface area contributed by atoms with Crippen molar-refractivity contribution in [3.63, 3.8) is 0 Å². The molecule has 3 aromatic rings. The van der Waals surface area contributed by atoms with E-state index >= 15 is 0 Å². The van der Waals surface area contributed by atoms with E-state index < -0.39 is 0 Å². The summed E-state index contributed by atoms with van der Waals surface area (Å²) in [5.74, 6) is 1.02. The van der Waals surface area contributed by atoms with Crippen LogP contribution in [0.3, 0.4) is 0 Å². The Bertz CT molecular complexity index is 698. The summed E-state index contributed by atoms with van der Waals surface area (Å²) in [6.07, 6.45) is 1.89. The van der Waals surface area contributed by atoms with Crippen LogP contribution in [-0.2, 0) is 20.1 Å². The monoisotopic (exact) mass is 256 g/mol. The minimum atomic E-state index is 0.682. The Labute approximate surface area is 111 Å². The Morgan fingerprint density at radius 3 is 2.89 bits per heavy atom. The van der Waals surface area contributed by atoms with E-state index in [9.17, 15) is 0 Å². The fourth-order valence-electron chi connectivity index (χ4n) is 2.09. The summed E-state index contributed by atoms with van der Waals surface area (Å²) >= 11 is 0. The summed E-state index contributed by atoms with van der Waals surface area (Å²) < 4.78 is 7.35. The lowest BCUT2D eigenvalue weighted by Crippen LogP contribution is -2.15. The molecule has 0 radical (unpaired) electrons. The van der Waals surface area contributed by atoms with Crippen LogP contribution in [0, 0.1) is 6.92 Å². The molecule has 5 heteroatoms. The highest BCUT2D eigenvalue weighted by Crippen LogP contribution is 2.17. The summed E-state index contributed by atoms with van der Waals surface area (Å²) in [5.41, 5.74) is 2.93. The summed E-state index contributed by atoms with van der Waals surface area (Å²) in [5, 5.41) is 8.53. The smallest absolute Gasteiger partial charge is 0.167 e. The summed E-state index contributed by atoms with van der Waals surface area (Å²) in [6.45, 7) is 3.44. The lowest BCUT2D eigenvalue weighted by atomic mass is 10.2. The number of rotatable bonds is 4. The van der Waals surface area contributed by atoms with E-state index in [1.807, 2.05) is 44.4 Å². The van der Waals surface area contributed by atoms with E-state index in [1.54, 1.807) is 0 Å². The van der Waals surface area contributed by atoms with Crippen molar-refractivity contribution >= 4 is 11.0 Å². The fraction of sp³-hybridized carbons (Fsp3) is 0.286. The van der Waals surface area contributed by atoms with Gasteiger partial charge in [0.05, 0.1) is 5.69 Å². The van der Waals surface area contributed by atoms with E-state index in [0.29, 0.717) is 6.54 Å².